The Labute approximate surface area is 195 Å². The summed E-state index contributed by atoms with van der Waals surface area (Å²) in [6.07, 6.45) is -2.88. The molecule has 0 unspecified atom stereocenters. The summed E-state index contributed by atoms with van der Waals surface area (Å²) in [5.74, 6) is -0.682. The van der Waals surface area contributed by atoms with Gasteiger partial charge in [0, 0.05) is 11.6 Å². The fraction of sp³-hybridized carbons (Fsp3) is 0.174. The van der Waals surface area contributed by atoms with Crippen LogP contribution in [-0.4, -0.2) is 17.0 Å². The quantitative estimate of drug-likeness (QED) is 0.592. The standard InChI is InChI=1S/C23H17ClF3N3O2S/c1-2-10-29-20(31)17(13-28)22-30(16-8-5-7-15(24)12-16)21(32)19(33-22)11-14-6-3-4-9-18(14)23(25,26)27/h3-9,11-12H,2,10H2,1H3,(H,29,31). The van der Waals surface area contributed by atoms with Gasteiger partial charge in [0.05, 0.1) is 15.8 Å². The number of halogens is 4. The molecule has 2 aromatic carbocycles. The molecule has 1 amide bonds. The van der Waals surface area contributed by atoms with Crippen molar-refractivity contribution >= 4 is 40.5 Å². The van der Waals surface area contributed by atoms with Crippen LogP contribution in [0.15, 0.2) is 53.3 Å². The molecule has 33 heavy (non-hydrogen) atoms. The third-order valence-electron chi connectivity index (χ3n) is 4.53. The lowest BCUT2D eigenvalue weighted by Gasteiger charge is -2.09. The lowest BCUT2D eigenvalue weighted by Crippen LogP contribution is -2.34. The molecule has 0 bridgehead atoms. The van der Waals surface area contributed by atoms with Crippen molar-refractivity contribution in [1.82, 2.24) is 9.88 Å². The number of rotatable bonds is 5. The first-order valence-electron chi connectivity index (χ1n) is 9.75. The maximum Gasteiger partial charge on any atom is 0.416 e. The molecular weight excluding hydrogens is 475 g/mol. The summed E-state index contributed by atoms with van der Waals surface area (Å²) >= 11 is 6.82. The molecule has 0 aliphatic rings. The van der Waals surface area contributed by atoms with E-state index in [1.165, 1.54) is 24.3 Å². The van der Waals surface area contributed by atoms with E-state index >= 15 is 0 Å². The molecule has 0 saturated heterocycles. The topological polar surface area (TPSA) is 74.9 Å². The molecule has 0 spiro atoms. The van der Waals surface area contributed by atoms with Gasteiger partial charge in [-0.2, -0.15) is 18.4 Å². The van der Waals surface area contributed by atoms with Crippen LogP contribution in [0.3, 0.4) is 0 Å². The zero-order chi connectivity index (χ0) is 24.2. The minimum atomic E-state index is -4.62. The average molecular weight is 492 g/mol. The number of nitrogens with one attached hydrogen (secondary N) is 1. The van der Waals surface area contributed by atoms with Crippen molar-refractivity contribution in [1.29, 1.82) is 5.26 Å². The summed E-state index contributed by atoms with van der Waals surface area (Å²) in [5, 5.41) is 12.6. The Morgan fingerprint density at radius 2 is 1.97 bits per heavy atom. The molecule has 1 N–H and O–H groups in total. The van der Waals surface area contributed by atoms with Crippen molar-refractivity contribution < 1.29 is 18.0 Å². The molecule has 1 heterocycles. The maximum absolute atomic E-state index is 13.4. The third kappa shape index (κ3) is 5.35. The van der Waals surface area contributed by atoms with Gasteiger partial charge in [-0.15, -0.1) is 11.3 Å². The van der Waals surface area contributed by atoms with Crippen molar-refractivity contribution in [3.05, 3.63) is 84.2 Å². The number of nitriles is 1. The van der Waals surface area contributed by atoms with E-state index in [4.69, 9.17) is 11.6 Å². The van der Waals surface area contributed by atoms with Crippen molar-refractivity contribution in [2.45, 2.75) is 19.5 Å². The third-order valence-corrected chi connectivity index (χ3v) is 5.86. The van der Waals surface area contributed by atoms with Gasteiger partial charge in [0.2, 0.25) is 0 Å². The molecule has 5 nitrogen and oxygen atoms in total. The molecule has 0 aliphatic heterocycles. The molecule has 170 valence electrons. The number of thiazole rings is 1. The highest BCUT2D eigenvalue weighted by molar-refractivity contribution is 7.07. The Bertz CT molecular complexity index is 1420. The van der Waals surface area contributed by atoms with Gasteiger partial charge in [-0.25, -0.2) is 0 Å². The molecule has 0 saturated carbocycles. The van der Waals surface area contributed by atoms with E-state index in [1.807, 2.05) is 13.0 Å². The first-order chi connectivity index (χ1) is 15.7. The molecule has 0 atom stereocenters. The number of aromatic nitrogens is 1. The fourth-order valence-corrected chi connectivity index (χ4v) is 4.32. The highest BCUT2D eigenvalue weighted by Gasteiger charge is 2.32. The minimum Gasteiger partial charge on any atom is -0.351 e. The fourth-order valence-electron chi connectivity index (χ4n) is 3.04. The van der Waals surface area contributed by atoms with E-state index in [9.17, 15) is 28.0 Å². The first kappa shape index (κ1) is 24.3. The van der Waals surface area contributed by atoms with Crippen LogP contribution in [0, 0.1) is 11.3 Å². The number of nitrogens with zero attached hydrogens (tertiary/aromatic N) is 2. The van der Waals surface area contributed by atoms with E-state index in [0.717, 1.165) is 28.0 Å². The second-order valence-corrected chi connectivity index (χ2v) is 8.33. The van der Waals surface area contributed by atoms with Gasteiger partial charge in [0.25, 0.3) is 11.5 Å². The van der Waals surface area contributed by atoms with Crippen molar-refractivity contribution in [2.75, 3.05) is 6.54 Å². The number of hydrogen-bond donors (Lipinski definition) is 1. The highest BCUT2D eigenvalue weighted by Crippen LogP contribution is 2.32. The summed E-state index contributed by atoms with van der Waals surface area (Å²) in [6.45, 7) is 2.15. The first-order valence-corrected chi connectivity index (χ1v) is 10.9. The second kappa shape index (κ2) is 10.1. The highest BCUT2D eigenvalue weighted by atomic mass is 35.5. The van der Waals surface area contributed by atoms with Gasteiger partial charge in [0.15, 0.2) is 5.57 Å². The van der Waals surface area contributed by atoms with Crippen LogP contribution in [0.2, 0.25) is 5.02 Å². The van der Waals surface area contributed by atoms with Gasteiger partial charge in [0.1, 0.15) is 10.7 Å². The van der Waals surface area contributed by atoms with Gasteiger partial charge >= 0.3 is 6.18 Å². The molecular formula is C23H17ClF3N3O2S. The van der Waals surface area contributed by atoms with Gasteiger partial charge in [-0.1, -0.05) is 42.8 Å². The summed E-state index contributed by atoms with van der Waals surface area (Å²) in [4.78, 5) is 25.9. The predicted octanol–water partition coefficient (Wildman–Crippen LogP) is 3.60. The van der Waals surface area contributed by atoms with E-state index in [1.54, 1.807) is 18.2 Å². The number of carbonyl (C=O) groups excluding carboxylic acids is 1. The number of carbonyl (C=O) groups is 1. The van der Waals surface area contributed by atoms with Crippen LogP contribution in [0.25, 0.3) is 17.3 Å². The number of alkyl halides is 3. The van der Waals surface area contributed by atoms with Crippen LogP contribution >= 0.6 is 22.9 Å². The largest absolute Gasteiger partial charge is 0.416 e. The monoisotopic (exact) mass is 491 g/mol. The Morgan fingerprint density at radius 1 is 1.24 bits per heavy atom. The van der Waals surface area contributed by atoms with Gasteiger partial charge in [-0.3, -0.25) is 14.2 Å². The smallest absolute Gasteiger partial charge is 0.351 e. The Kier molecular flexibility index (Phi) is 7.41. The van der Waals surface area contributed by atoms with E-state index in [0.29, 0.717) is 18.0 Å². The summed E-state index contributed by atoms with van der Waals surface area (Å²) in [7, 11) is 0. The molecule has 10 heteroatoms. The van der Waals surface area contributed by atoms with E-state index in [-0.39, 0.29) is 26.0 Å². The lowest BCUT2D eigenvalue weighted by atomic mass is 10.1. The van der Waals surface area contributed by atoms with Gasteiger partial charge < -0.3 is 5.32 Å². The van der Waals surface area contributed by atoms with Crippen LogP contribution < -0.4 is 20.1 Å². The Hall–Kier alpha value is -3.35. The van der Waals surface area contributed by atoms with E-state index < -0.39 is 23.2 Å². The molecule has 1 aromatic heterocycles. The predicted molar refractivity (Wildman–Crippen MR) is 122 cm³/mol. The molecule has 3 rings (SSSR count). The average Bonchev–Trinajstić information content (AvgIpc) is 3.08. The summed E-state index contributed by atoms with van der Waals surface area (Å²) < 4.78 is 41.4. The lowest BCUT2D eigenvalue weighted by molar-refractivity contribution is -0.137. The van der Waals surface area contributed by atoms with Crippen molar-refractivity contribution in [3.63, 3.8) is 0 Å². The van der Waals surface area contributed by atoms with Crippen molar-refractivity contribution in [2.24, 2.45) is 0 Å². The maximum atomic E-state index is 13.4. The van der Waals surface area contributed by atoms with Crippen molar-refractivity contribution in [3.8, 4) is 11.8 Å². The zero-order valence-electron chi connectivity index (χ0n) is 17.2. The summed E-state index contributed by atoms with van der Waals surface area (Å²) in [5.41, 5.74) is -1.83. The Balaban J connectivity index is 2.40. The molecule has 0 fully saturated rings. The van der Waals surface area contributed by atoms with Crippen LogP contribution in [-0.2, 0) is 11.0 Å². The minimum absolute atomic E-state index is 0.00545. The SMILES string of the molecule is CCCNC(=O)C(C#N)=c1sc(=Cc2ccccc2C(F)(F)F)c(=O)n1-c1cccc(Cl)c1. The number of hydrogen-bond acceptors (Lipinski definition) is 4. The number of benzene rings is 2. The summed E-state index contributed by atoms with van der Waals surface area (Å²) in [6, 6.07) is 12.8. The van der Waals surface area contributed by atoms with Crippen LogP contribution in [0.4, 0.5) is 13.2 Å². The van der Waals surface area contributed by atoms with Crippen LogP contribution in [0.5, 0.6) is 0 Å². The zero-order valence-corrected chi connectivity index (χ0v) is 18.8. The van der Waals surface area contributed by atoms with Crippen LogP contribution in [0.1, 0.15) is 24.5 Å². The second-order valence-electron chi connectivity index (χ2n) is 6.86. The molecule has 0 aliphatic carbocycles. The molecule has 3 aromatic rings. The molecule has 0 radical (unpaired) electrons. The van der Waals surface area contributed by atoms with Gasteiger partial charge in [-0.05, 0) is 42.3 Å². The Morgan fingerprint density at radius 3 is 2.61 bits per heavy atom. The van der Waals surface area contributed by atoms with E-state index in [2.05, 4.69) is 5.32 Å². The normalized spacial score (nSPS) is 12.9. The number of amides is 1.